The van der Waals surface area contributed by atoms with E-state index in [1.54, 1.807) is 6.92 Å². The molecule has 5 nitrogen and oxygen atoms in total. The number of benzene rings is 1. The van der Waals surface area contributed by atoms with Crippen molar-refractivity contribution in [3.05, 3.63) is 59.2 Å². The van der Waals surface area contributed by atoms with Crippen molar-refractivity contribution in [1.29, 1.82) is 0 Å². The third-order valence-corrected chi connectivity index (χ3v) is 3.38. The Bertz CT molecular complexity index is 749. The number of carbonyl (C=O) groups excluding carboxylic acids is 1. The first-order chi connectivity index (χ1) is 12.2. The van der Waals surface area contributed by atoms with Crippen molar-refractivity contribution < 1.29 is 26.7 Å². The standard InChI is InChI=1S/C16H15F5N4O/c1-9-6-23-12(7-22-9)8-24-15(26)25-13(14(17)18)10-3-2-4-11(5-10)16(19,20)21/h2-7,13-14H,8H2,1H3,(H2,24,25,26)/t13-/m1/s1. The van der Waals surface area contributed by atoms with Crippen LogP contribution in [0.2, 0.25) is 0 Å². The number of aryl methyl sites for hydroxylation is 1. The van der Waals surface area contributed by atoms with E-state index in [1.165, 1.54) is 12.4 Å². The lowest BCUT2D eigenvalue weighted by molar-refractivity contribution is -0.137. The second-order valence-electron chi connectivity index (χ2n) is 5.41. The second kappa shape index (κ2) is 8.07. The summed E-state index contributed by atoms with van der Waals surface area (Å²) >= 11 is 0. The van der Waals surface area contributed by atoms with Gasteiger partial charge in [0.25, 0.3) is 6.43 Å². The topological polar surface area (TPSA) is 66.9 Å². The van der Waals surface area contributed by atoms with Crippen molar-refractivity contribution in [3.8, 4) is 0 Å². The number of urea groups is 1. The van der Waals surface area contributed by atoms with Crippen LogP contribution in [0.1, 0.15) is 28.6 Å². The molecule has 26 heavy (non-hydrogen) atoms. The molecule has 140 valence electrons. The summed E-state index contributed by atoms with van der Waals surface area (Å²) in [5, 5.41) is 4.29. The summed E-state index contributed by atoms with van der Waals surface area (Å²) in [6.45, 7) is 1.65. The minimum Gasteiger partial charge on any atom is -0.332 e. The van der Waals surface area contributed by atoms with Crippen molar-refractivity contribution in [2.75, 3.05) is 0 Å². The Labute approximate surface area is 145 Å². The molecule has 1 atom stereocenters. The van der Waals surface area contributed by atoms with Gasteiger partial charge in [0.1, 0.15) is 6.04 Å². The molecule has 0 bridgehead atoms. The molecule has 2 aromatic rings. The number of hydrogen-bond donors (Lipinski definition) is 2. The highest BCUT2D eigenvalue weighted by Crippen LogP contribution is 2.31. The minimum atomic E-state index is -4.67. The number of carbonyl (C=O) groups is 1. The normalized spacial score (nSPS) is 12.7. The van der Waals surface area contributed by atoms with E-state index in [-0.39, 0.29) is 12.1 Å². The monoisotopic (exact) mass is 374 g/mol. The first kappa shape index (κ1) is 19.5. The predicted octanol–water partition coefficient (Wildman–Crippen LogP) is 3.61. The van der Waals surface area contributed by atoms with Gasteiger partial charge in [-0.15, -0.1) is 0 Å². The van der Waals surface area contributed by atoms with Crippen LogP contribution in [0.25, 0.3) is 0 Å². The maximum atomic E-state index is 13.2. The predicted molar refractivity (Wildman–Crippen MR) is 82.3 cm³/mol. The van der Waals surface area contributed by atoms with E-state index in [9.17, 15) is 26.7 Å². The molecule has 0 unspecified atom stereocenters. The molecule has 0 saturated heterocycles. The quantitative estimate of drug-likeness (QED) is 0.786. The summed E-state index contributed by atoms with van der Waals surface area (Å²) in [5.74, 6) is 0. The molecule has 0 saturated carbocycles. The first-order valence-corrected chi connectivity index (χ1v) is 7.44. The van der Waals surface area contributed by atoms with Crippen molar-refractivity contribution in [3.63, 3.8) is 0 Å². The number of aromatic nitrogens is 2. The molecule has 0 aliphatic rings. The average Bonchev–Trinajstić information content (AvgIpc) is 2.58. The van der Waals surface area contributed by atoms with Crippen molar-refractivity contribution in [2.45, 2.75) is 32.1 Å². The molecule has 10 heteroatoms. The summed E-state index contributed by atoms with van der Waals surface area (Å²) in [7, 11) is 0. The van der Waals surface area contributed by atoms with Gasteiger partial charge in [-0.2, -0.15) is 13.2 Å². The Morgan fingerprint density at radius 2 is 1.92 bits per heavy atom. The number of nitrogens with zero attached hydrogens (tertiary/aromatic N) is 2. The first-order valence-electron chi connectivity index (χ1n) is 7.44. The van der Waals surface area contributed by atoms with Crippen LogP contribution in [0.4, 0.5) is 26.7 Å². The van der Waals surface area contributed by atoms with Gasteiger partial charge >= 0.3 is 12.2 Å². The van der Waals surface area contributed by atoms with Crippen LogP contribution in [0.15, 0.2) is 36.7 Å². The summed E-state index contributed by atoms with van der Waals surface area (Å²) < 4.78 is 64.7. The number of halogens is 5. The van der Waals surface area contributed by atoms with Gasteiger partial charge in [-0.1, -0.05) is 12.1 Å². The van der Waals surface area contributed by atoms with Gasteiger partial charge < -0.3 is 10.6 Å². The summed E-state index contributed by atoms with van der Waals surface area (Å²) in [4.78, 5) is 19.8. The fourth-order valence-electron chi connectivity index (χ4n) is 2.07. The van der Waals surface area contributed by atoms with Crippen LogP contribution in [-0.2, 0) is 12.7 Å². The lowest BCUT2D eigenvalue weighted by Gasteiger charge is -2.20. The van der Waals surface area contributed by atoms with E-state index >= 15 is 0 Å². The molecule has 2 rings (SSSR count). The molecule has 0 aliphatic heterocycles. The molecule has 2 amide bonds. The van der Waals surface area contributed by atoms with Gasteiger partial charge in [0.05, 0.1) is 29.7 Å². The van der Waals surface area contributed by atoms with Crippen molar-refractivity contribution in [1.82, 2.24) is 20.6 Å². The average molecular weight is 374 g/mol. The highest BCUT2D eigenvalue weighted by molar-refractivity contribution is 5.74. The number of hydrogen-bond acceptors (Lipinski definition) is 3. The van der Waals surface area contributed by atoms with Gasteiger partial charge in [0.15, 0.2) is 0 Å². The van der Waals surface area contributed by atoms with Gasteiger partial charge in [-0.05, 0) is 24.6 Å². The molecule has 0 radical (unpaired) electrons. The second-order valence-corrected chi connectivity index (χ2v) is 5.41. The zero-order valence-corrected chi connectivity index (χ0v) is 13.5. The molecule has 0 fully saturated rings. The number of alkyl halides is 5. The zero-order chi connectivity index (χ0) is 19.3. The summed E-state index contributed by atoms with van der Waals surface area (Å²) in [5.41, 5.74) is -0.350. The lowest BCUT2D eigenvalue weighted by Crippen LogP contribution is -2.40. The molecule has 1 heterocycles. The highest BCUT2D eigenvalue weighted by Gasteiger charge is 2.32. The van der Waals surface area contributed by atoms with Crippen LogP contribution in [0.3, 0.4) is 0 Å². The Hall–Kier alpha value is -2.78. The summed E-state index contributed by atoms with van der Waals surface area (Å²) in [6.07, 6.45) is -4.88. The van der Waals surface area contributed by atoms with Crippen LogP contribution >= 0.6 is 0 Å². The fourth-order valence-corrected chi connectivity index (χ4v) is 2.07. The van der Waals surface area contributed by atoms with Crippen LogP contribution in [0.5, 0.6) is 0 Å². The van der Waals surface area contributed by atoms with Crippen molar-refractivity contribution >= 4 is 6.03 Å². The molecular weight excluding hydrogens is 359 g/mol. The van der Waals surface area contributed by atoms with Gasteiger partial charge in [-0.25, -0.2) is 13.6 Å². The maximum Gasteiger partial charge on any atom is 0.416 e. The molecular formula is C16H15F5N4O. The lowest BCUT2D eigenvalue weighted by atomic mass is 10.0. The SMILES string of the molecule is Cc1cnc(CNC(=O)N[C@H](c2cccc(C(F)(F)F)c2)C(F)F)cn1. The van der Waals surface area contributed by atoms with Crippen LogP contribution < -0.4 is 10.6 Å². The Kier molecular flexibility index (Phi) is 6.06. The molecule has 1 aromatic heterocycles. The van der Waals surface area contributed by atoms with Gasteiger partial charge in [0, 0.05) is 6.20 Å². The Morgan fingerprint density at radius 3 is 2.50 bits per heavy atom. The van der Waals surface area contributed by atoms with E-state index in [4.69, 9.17) is 0 Å². The van der Waals surface area contributed by atoms with Crippen LogP contribution in [-0.4, -0.2) is 22.4 Å². The highest BCUT2D eigenvalue weighted by atomic mass is 19.4. The summed E-state index contributed by atoms with van der Waals surface area (Å²) in [6, 6.07) is 0.605. The third-order valence-electron chi connectivity index (χ3n) is 3.38. The number of rotatable bonds is 5. The third kappa shape index (κ3) is 5.36. The van der Waals surface area contributed by atoms with Gasteiger partial charge in [0.2, 0.25) is 0 Å². The van der Waals surface area contributed by atoms with Crippen molar-refractivity contribution in [2.24, 2.45) is 0 Å². The molecule has 0 aliphatic carbocycles. The smallest absolute Gasteiger partial charge is 0.332 e. The molecule has 0 spiro atoms. The minimum absolute atomic E-state index is 0.0718. The number of nitrogens with one attached hydrogen (secondary N) is 2. The van der Waals surface area contributed by atoms with E-state index < -0.39 is 30.2 Å². The fraction of sp³-hybridized carbons (Fsp3) is 0.312. The van der Waals surface area contributed by atoms with E-state index in [0.29, 0.717) is 17.5 Å². The molecule has 2 N–H and O–H groups in total. The Balaban J connectivity index is 2.05. The van der Waals surface area contributed by atoms with E-state index in [2.05, 4.69) is 15.3 Å². The van der Waals surface area contributed by atoms with Gasteiger partial charge in [-0.3, -0.25) is 9.97 Å². The zero-order valence-electron chi connectivity index (χ0n) is 13.5. The number of amides is 2. The van der Waals surface area contributed by atoms with E-state index in [0.717, 1.165) is 18.2 Å². The maximum absolute atomic E-state index is 13.2. The van der Waals surface area contributed by atoms with Crippen LogP contribution in [0, 0.1) is 6.92 Å². The molecule has 1 aromatic carbocycles. The van der Waals surface area contributed by atoms with E-state index in [1.807, 2.05) is 5.32 Å². The largest absolute Gasteiger partial charge is 0.416 e. The Morgan fingerprint density at radius 1 is 1.19 bits per heavy atom.